The van der Waals surface area contributed by atoms with E-state index in [-0.39, 0.29) is 24.2 Å². The first-order valence-electron chi connectivity index (χ1n) is 9.22. The molecular formula is C20H26N4O3. The summed E-state index contributed by atoms with van der Waals surface area (Å²) in [6.07, 6.45) is 1.41. The maximum Gasteiger partial charge on any atom is 0.415 e. The van der Waals surface area contributed by atoms with Crippen molar-refractivity contribution in [2.24, 2.45) is 5.92 Å². The van der Waals surface area contributed by atoms with Crippen molar-refractivity contribution in [3.63, 3.8) is 0 Å². The predicted molar refractivity (Wildman–Crippen MR) is 104 cm³/mol. The molecule has 0 aliphatic carbocycles. The summed E-state index contributed by atoms with van der Waals surface area (Å²) in [5, 5.41) is 3.21. The van der Waals surface area contributed by atoms with Crippen molar-refractivity contribution in [2.75, 3.05) is 16.8 Å². The molecule has 0 spiro atoms. The van der Waals surface area contributed by atoms with E-state index in [2.05, 4.69) is 29.1 Å². The van der Waals surface area contributed by atoms with E-state index in [1.807, 2.05) is 38.1 Å². The summed E-state index contributed by atoms with van der Waals surface area (Å²) in [5.74, 6) is 2.11. The number of hydrogen-bond donors (Lipinski definition) is 1. The third-order valence-corrected chi connectivity index (χ3v) is 4.28. The highest BCUT2D eigenvalue weighted by atomic mass is 16.6. The van der Waals surface area contributed by atoms with Crippen molar-refractivity contribution in [2.45, 2.75) is 46.4 Å². The van der Waals surface area contributed by atoms with Crippen molar-refractivity contribution in [3.05, 3.63) is 42.1 Å². The van der Waals surface area contributed by atoms with Crippen molar-refractivity contribution in [3.8, 4) is 5.75 Å². The van der Waals surface area contributed by atoms with Crippen LogP contribution in [0.1, 0.15) is 33.3 Å². The molecular weight excluding hydrogens is 344 g/mol. The van der Waals surface area contributed by atoms with Crippen LogP contribution in [0.2, 0.25) is 0 Å². The highest BCUT2D eigenvalue weighted by molar-refractivity contribution is 5.89. The summed E-state index contributed by atoms with van der Waals surface area (Å²) >= 11 is 0. The molecule has 0 bridgehead atoms. The van der Waals surface area contributed by atoms with Crippen LogP contribution in [0.3, 0.4) is 0 Å². The van der Waals surface area contributed by atoms with E-state index in [4.69, 9.17) is 9.47 Å². The Morgan fingerprint density at radius 3 is 2.85 bits per heavy atom. The van der Waals surface area contributed by atoms with Crippen LogP contribution >= 0.6 is 0 Å². The fourth-order valence-corrected chi connectivity index (χ4v) is 2.94. The Hall–Kier alpha value is -2.83. The van der Waals surface area contributed by atoms with Crippen molar-refractivity contribution in [1.82, 2.24) is 9.97 Å². The number of rotatable bonds is 7. The van der Waals surface area contributed by atoms with E-state index >= 15 is 0 Å². The van der Waals surface area contributed by atoms with Crippen LogP contribution in [0.5, 0.6) is 5.75 Å². The summed E-state index contributed by atoms with van der Waals surface area (Å²) in [5.41, 5.74) is 1.06. The summed E-state index contributed by atoms with van der Waals surface area (Å²) < 4.78 is 10.9. The fraction of sp³-hybridized carbons (Fsp3) is 0.450. The van der Waals surface area contributed by atoms with E-state index in [0.717, 1.165) is 11.3 Å². The van der Waals surface area contributed by atoms with E-state index in [0.29, 0.717) is 24.9 Å². The number of nitrogens with one attached hydrogen (secondary N) is 1. The fourth-order valence-electron chi connectivity index (χ4n) is 2.94. The average molecular weight is 370 g/mol. The highest BCUT2D eigenvalue weighted by Gasteiger charge is 2.37. The number of hydrogen-bond acceptors (Lipinski definition) is 6. The first-order chi connectivity index (χ1) is 12.9. The molecule has 7 nitrogen and oxygen atoms in total. The number of carbonyl (C=O) groups is 1. The van der Waals surface area contributed by atoms with Gasteiger partial charge in [-0.3, -0.25) is 4.90 Å². The number of nitrogens with zero attached hydrogens (tertiary/aromatic N) is 3. The number of benzene rings is 1. The lowest BCUT2D eigenvalue weighted by Crippen LogP contribution is -2.37. The molecule has 0 saturated carbocycles. The number of aromatic nitrogens is 2. The number of anilines is 2. The van der Waals surface area contributed by atoms with Gasteiger partial charge in [0.15, 0.2) is 0 Å². The lowest BCUT2D eigenvalue weighted by atomic mass is 10.0. The van der Waals surface area contributed by atoms with Gasteiger partial charge in [-0.15, -0.1) is 0 Å². The van der Waals surface area contributed by atoms with Gasteiger partial charge in [0.2, 0.25) is 5.95 Å². The standard InChI is InChI=1S/C20H26N4O3/c1-13(2)17-12-26-20(25)24(17)18-8-9-21-19(23-18)22-11-15-6-5-7-16(10-15)27-14(3)4/h5-10,13-14,17H,11-12H2,1-4H3,(H,21,22,23). The topological polar surface area (TPSA) is 76.6 Å². The number of cyclic esters (lactones) is 1. The molecule has 1 aromatic carbocycles. The molecule has 144 valence electrons. The summed E-state index contributed by atoms with van der Waals surface area (Å²) in [6.45, 7) is 9.05. The third-order valence-electron chi connectivity index (χ3n) is 4.28. The zero-order chi connectivity index (χ0) is 19.4. The Morgan fingerprint density at radius 2 is 2.11 bits per heavy atom. The first-order valence-corrected chi connectivity index (χ1v) is 9.22. The van der Waals surface area contributed by atoms with E-state index in [1.54, 1.807) is 17.2 Å². The highest BCUT2D eigenvalue weighted by Crippen LogP contribution is 2.26. The van der Waals surface area contributed by atoms with Crippen LogP contribution in [-0.2, 0) is 11.3 Å². The van der Waals surface area contributed by atoms with Crippen LogP contribution < -0.4 is 15.0 Å². The van der Waals surface area contributed by atoms with Gasteiger partial charge in [-0.05, 0) is 43.5 Å². The SMILES string of the molecule is CC(C)Oc1cccc(CNc2nccc(N3C(=O)OCC3C(C)C)n2)c1. The predicted octanol–water partition coefficient (Wildman–Crippen LogP) is 3.86. The van der Waals surface area contributed by atoms with Crippen molar-refractivity contribution < 1.29 is 14.3 Å². The number of ether oxygens (including phenoxy) is 2. The Morgan fingerprint density at radius 1 is 1.30 bits per heavy atom. The Balaban J connectivity index is 1.70. The summed E-state index contributed by atoms with van der Waals surface area (Å²) in [7, 11) is 0. The summed E-state index contributed by atoms with van der Waals surface area (Å²) in [4.78, 5) is 22.5. The van der Waals surface area contributed by atoms with Crippen LogP contribution in [0.4, 0.5) is 16.6 Å². The Kier molecular flexibility index (Phi) is 5.78. The lowest BCUT2D eigenvalue weighted by molar-refractivity contribution is 0.177. The molecule has 7 heteroatoms. The quantitative estimate of drug-likeness (QED) is 0.798. The van der Waals surface area contributed by atoms with Gasteiger partial charge in [0, 0.05) is 12.7 Å². The van der Waals surface area contributed by atoms with Crippen molar-refractivity contribution in [1.29, 1.82) is 0 Å². The van der Waals surface area contributed by atoms with Gasteiger partial charge in [0.1, 0.15) is 18.2 Å². The van der Waals surface area contributed by atoms with Gasteiger partial charge < -0.3 is 14.8 Å². The van der Waals surface area contributed by atoms with Crippen LogP contribution in [0, 0.1) is 5.92 Å². The second-order valence-electron chi connectivity index (χ2n) is 7.16. The summed E-state index contributed by atoms with van der Waals surface area (Å²) in [6, 6.07) is 9.60. The van der Waals surface area contributed by atoms with E-state index < -0.39 is 0 Å². The molecule has 1 atom stereocenters. The minimum absolute atomic E-state index is 0.0230. The van der Waals surface area contributed by atoms with Crippen LogP contribution in [0.15, 0.2) is 36.5 Å². The smallest absolute Gasteiger partial charge is 0.415 e. The number of amides is 1. The lowest BCUT2D eigenvalue weighted by Gasteiger charge is -2.23. The van der Waals surface area contributed by atoms with Gasteiger partial charge in [-0.1, -0.05) is 26.0 Å². The Bertz CT molecular complexity index is 794. The van der Waals surface area contributed by atoms with Gasteiger partial charge in [0.05, 0.1) is 12.1 Å². The van der Waals surface area contributed by atoms with Gasteiger partial charge >= 0.3 is 6.09 Å². The zero-order valence-corrected chi connectivity index (χ0v) is 16.2. The molecule has 1 aromatic heterocycles. The second kappa shape index (κ2) is 8.24. The van der Waals surface area contributed by atoms with E-state index in [1.165, 1.54) is 0 Å². The molecule has 1 amide bonds. The molecule has 1 N–H and O–H groups in total. The molecule has 0 radical (unpaired) electrons. The molecule has 1 saturated heterocycles. The molecule has 27 heavy (non-hydrogen) atoms. The maximum atomic E-state index is 12.1. The largest absolute Gasteiger partial charge is 0.491 e. The normalized spacial score (nSPS) is 16.7. The molecule has 1 unspecified atom stereocenters. The monoisotopic (exact) mass is 370 g/mol. The molecule has 2 heterocycles. The minimum atomic E-state index is -0.364. The minimum Gasteiger partial charge on any atom is -0.491 e. The third kappa shape index (κ3) is 4.67. The zero-order valence-electron chi connectivity index (χ0n) is 16.2. The van der Waals surface area contributed by atoms with Gasteiger partial charge in [-0.2, -0.15) is 4.98 Å². The first kappa shape index (κ1) is 18.9. The molecule has 1 fully saturated rings. The van der Waals surface area contributed by atoms with Gasteiger partial charge in [0.25, 0.3) is 0 Å². The van der Waals surface area contributed by atoms with E-state index in [9.17, 15) is 4.79 Å². The Labute approximate surface area is 159 Å². The second-order valence-corrected chi connectivity index (χ2v) is 7.16. The maximum absolute atomic E-state index is 12.1. The van der Waals surface area contributed by atoms with Crippen molar-refractivity contribution >= 4 is 17.9 Å². The molecule has 2 aromatic rings. The molecule has 3 rings (SSSR count). The van der Waals surface area contributed by atoms with Gasteiger partial charge in [-0.25, -0.2) is 9.78 Å². The average Bonchev–Trinajstić information content (AvgIpc) is 3.02. The molecule has 1 aliphatic heterocycles. The van der Waals surface area contributed by atoms with Crippen LogP contribution in [-0.4, -0.2) is 34.8 Å². The van der Waals surface area contributed by atoms with Crippen LogP contribution in [0.25, 0.3) is 0 Å². The number of carbonyl (C=O) groups excluding carboxylic acids is 1. The molecule has 1 aliphatic rings.